The minimum atomic E-state index is -0.471. The Morgan fingerprint density at radius 3 is 2.93 bits per heavy atom. The highest BCUT2D eigenvalue weighted by molar-refractivity contribution is 7.08. The Bertz CT molecular complexity index is 341. The fourth-order valence-electron chi connectivity index (χ4n) is 1.64. The Morgan fingerprint density at radius 2 is 2.36 bits per heavy atom. The van der Waals surface area contributed by atoms with Crippen LogP contribution in [-0.2, 0) is 4.74 Å². The van der Waals surface area contributed by atoms with Crippen LogP contribution in [0.4, 0.5) is 0 Å². The van der Waals surface area contributed by atoms with E-state index in [-0.39, 0.29) is 0 Å². The van der Waals surface area contributed by atoms with Crippen LogP contribution in [-0.4, -0.2) is 11.7 Å². The highest BCUT2D eigenvalue weighted by Gasteiger charge is 2.18. The zero-order valence-corrected chi connectivity index (χ0v) is 9.01. The van der Waals surface area contributed by atoms with Crippen LogP contribution in [0.1, 0.15) is 30.1 Å². The smallest absolute Gasteiger partial charge is 0.104 e. The summed E-state index contributed by atoms with van der Waals surface area (Å²) in [6.07, 6.45) is 3.19. The molecule has 0 saturated heterocycles. The monoisotopic (exact) mass is 210 g/mol. The zero-order valence-electron chi connectivity index (χ0n) is 8.19. The van der Waals surface area contributed by atoms with E-state index < -0.39 is 6.10 Å². The fourth-order valence-corrected chi connectivity index (χ4v) is 2.51. The van der Waals surface area contributed by atoms with Crippen molar-refractivity contribution in [2.24, 2.45) is 0 Å². The molecule has 2 rings (SSSR count). The molecule has 1 aliphatic rings. The number of thiophene rings is 1. The Labute approximate surface area is 87.8 Å². The van der Waals surface area contributed by atoms with Crippen molar-refractivity contribution in [2.75, 3.05) is 6.61 Å². The predicted molar refractivity (Wildman–Crippen MR) is 57.3 cm³/mol. The van der Waals surface area contributed by atoms with Gasteiger partial charge in [-0.05, 0) is 47.2 Å². The topological polar surface area (TPSA) is 29.5 Å². The standard InChI is InChI=1S/C11H14O2S/c1-8-6-14-7-10(8)11(12)9-3-2-4-13-5-9/h5-7,11-12H,2-4H2,1H3. The lowest BCUT2D eigenvalue weighted by molar-refractivity contribution is 0.170. The minimum Gasteiger partial charge on any atom is -0.501 e. The van der Waals surface area contributed by atoms with Gasteiger partial charge in [-0.1, -0.05) is 0 Å². The van der Waals surface area contributed by atoms with Crippen molar-refractivity contribution in [2.45, 2.75) is 25.9 Å². The first-order valence-corrected chi connectivity index (χ1v) is 5.74. The average Bonchev–Trinajstić information content (AvgIpc) is 2.65. The van der Waals surface area contributed by atoms with Crippen molar-refractivity contribution in [3.8, 4) is 0 Å². The molecule has 1 unspecified atom stereocenters. The van der Waals surface area contributed by atoms with E-state index in [0.29, 0.717) is 0 Å². The Morgan fingerprint density at radius 1 is 1.50 bits per heavy atom. The Kier molecular flexibility index (Phi) is 2.89. The third-order valence-corrected chi connectivity index (χ3v) is 3.38. The molecule has 0 bridgehead atoms. The van der Waals surface area contributed by atoms with Gasteiger partial charge in [-0.25, -0.2) is 0 Å². The molecule has 1 aromatic rings. The number of aliphatic hydroxyl groups is 1. The molecule has 76 valence electrons. The number of aliphatic hydroxyl groups excluding tert-OH is 1. The lowest BCUT2D eigenvalue weighted by atomic mass is 9.98. The molecule has 1 aliphatic heterocycles. The largest absolute Gasteiger partial charge is 0.501 e. The first-order chi connectivity index (χ1) is 6.79. The summed E-state index contributed by atoms with van der Waals surface area (Å²) in [5.41, 5.74) is 3.18. The fraction of sp³-hybridized carbons (Fsp3) is 0.455. The van der Waals surface area contributed by atoms with Gasteiger partial charge in [-0.2, -0.15) is 11.3 Å². The molecule has 0 fully saturated rings. The van der Waals surface area contributed by atoms with Crippen molar-refractivity contribution in [3.05, 3.63) is 33.7 Å². The SMILES string of the molecule is Cc1cscc1C(O)C1=COCCC1. The molecule has 14 heavy (non-hydrogen) atoms. The summed E-state index contributed by atoms with van der Waals surface area (Å²) in [6.45, 7) is 2.80. The van der Waals surface area contributed by atoms with E-state index in [1.54, 1.807) is 17.6 Å². The molecule has 2 heterocycles. The van der Waals surface area contributed by atoms with Gasteiger partial charge in [0.25, 0.3) is 0 Å². The van der Waals surface area contributed by atoms with E-state index >= 15 is 0 Å². The molecule has 0 saturated carbocycles. The molecule has 0 spiro atoms. The summed E-state index contributed by atoms with van der Waals surface area (Å²) in [7, 11) is 0. The summed E-state index contributed by atoms with van der Waals surface area (Å²) >= 11 is 1.63. The number of ether oxygens (including phenoxy) is 1. The molecule has 2 nitrogen and oxygen atoms in total. The van der Waals surface area contributed by atoms with Crippen molar-refractivity contribution < 1.29 is 9.84 Å². The third-order valence-electron chi connectivity index (χ3n) is 2.50. The summed E-state index contributed by atoms with van der Waals surface area (Å²) in [6, 6.07) is 0. The second kappa shape index (κ2) is 4.15. The molecule has 3 heteroatoms. The van der Waals surface area contributed by atoms with Gasteiger partial charge in [0.05, 0.1) is 12.9 Å². The number of hydrogen-bond acceptors (Lipinski definition) is 3. The van der Waals surface area contributed by atoms with Crippen molar-refractivity contribution >= 4 is 11.3 Å². The summed E-state index contributed by atoms with van der Waals surface area (Å²) in [4.78, 5) is 0. The molecule has 1 aromatic heterocycles. The van der Waals surface area contributed by atoms with E-state index in [0.717, 1.165) is 36.1 Å². The van der Waals surface area contributed by atoms with Crippen LogP contribution in [0.5, 0.6) is 0 Å². The highest BCUT2D eigenvalue weighted by atomic mass is 32.1. The molecule has 1 N–H and O–H groups in total. The van der Waals surface area contributed by atoms with Crippen molar-refractivity contribution in [1.82, 2.24) is 0 Å². The number of hydrogen-bond donors (Lipinski definition) is 1. The van der Waals surface area contributed by atoms with Crippen LogP contribution in [0.2, 0.25) is 0 Å². The van der Waals surface area contributed by atoms with Crippen LogP contribution in [0.3, 0.4) is 0 Å². The lowest BCUT2D eigenvalue weighted by Crippen LogP contribution is -2.07. The molecule has 1 atom stereocenters. The number of rotatable bonds is 2. The molecule has 0 amide bonds. The van der Waals surface area contributed by atoms with Gasteiger partial charge in [-0.15, -0.1) is 0 Å². The van der Waals surface area contributed by atoms with E-state index in [2.05, 4.69) is 5.38 Å². The van der Waals surface area contributed by atoms with E-state index in [9.17, 15) is 5.11 Å². The second-order valence-electron chi connectivity index (χ2n) is 3.58. The molecular weight excluding hydrogens is 196 g/mol. The van der Waals surface area contributed by atoms with Gasteiger partial charge < -0.3 is 9.84 Å². The first-order valence-electron chi connectivity index (χ1n) is 4.80. The molecule has 0 aliphatic carbocycles. The molecule has 0 aromatic carbocycles. The van der Waals surface area contributed by atoms with E-state index in [1.807, 2.05) is 12.3 Å². The summed E-state index contributed by atoms with van der Waals surface area (Å²) in [5, 5.41) is 14.1. The average molecular weight is 210 g/mol. The van der Waals surface area contributed by atoms with Crippen molar-refractivity contribution in [1.29, 1.82) is 0 Å². The van der Waals surface area contributed by atoms with E-state index in [4.69, 9.17) is 4.74 Å². The Balaban J connectivity index is 2.19. The van der Waals surface area contributed by atoms with Gasteiger partial charge in [0.15, 0.2) is 0 Å². The Hall–Kier alpha value is -0.800. The predicted octanol–water partition coefficient (Wildman–Crippen LogP) is 2.78. The first kappa shape index (κ1) is 9.74. The van der Waals surface area contributed by atoms with Crippen LogP contribution in [0.15, 0.2) is 22.6 Å². The second-order valence-corrected chi connectivity index (χ2v) is 4.32. The quantitative estimate of drug-likeness (QED) is 0.813. The van der Waals surface area contributed by atoms with Crippen molar-refractivity contribution in [3.63, 3.8) is 0 Å². The zero-order chi connectivity index (χ0) is 9.97. The molecular formula is C11H14O2S. The number of aryl methyl sites for hydroxylation is 1. The lowest BCUT2D eigenvalue weighted by Gasteiger charge is -2.18. The van der Waals surface area contributed by atoms with Gasteiger partial charge in [0, 0.05) is 0 Å². The maximum Gasteiger partial charge on any atom is 0.104 e. The van der Waals surface area contributed by atoms with Crippen LogP contribution in [0.25, 0.3) is 0 Å². The highest BCUT2D eigenvalue weighted by Crippen LogP contribution is 2.31. The van der Waals surface area contributed by atoms with E-state index in [1.165, 1.54) is 0 Å². The molecule has 0 radical (unpaired) electrons. The summed E-state index contributed by atoms with van der Waals surface area (Å²) in [5.74, 6) is 0. The summed E-state index contributed by atoms with van der Waals surface area (Å²) < 4.78 is 5.22. The van der Waals surface area contributed by atoms with Crippen LogP contribution in [0, 0.1) is 6.92 Å². The normalized spacial score (nSPS) is 18.6. The van der Waals surface area contributed by atoms with Gasteiger partial charge in [-0.3, -0.25) is 0 Å². The van der Waals surface area contributed by atoms with Gasteiger partial charge in [0.1, 0.15) is 6.10 Å². The minimum absolute atomic E-state index is 0.471. The van der Waals surface area contributed by atoms with Crippen LogP contribution >= 0.6 is 11.3 Å². The maximum absolute atomic E-state index is 10.1. The van der Waals surface area contributed by atoms with Gasteiger partial charge in [0.2, 0.25) is 0 Å². The van der Waals surface area contributed by atoms with Crippen LogP contribution < -0.4 is 0 Å². The van der Waals surface area contributed by atoms with Gasteiger partial charge >= 0.3 is 0 Å². The maximum atomic E-state index is 10.1. The third kappa shape index (κ3) is 1.83.